The van der Waals surface area contributed by atoms with E-state index in [-0.39, 0.29) is 22.8 Å². The number of Topliss-reactive ketones (excluding diaryl/α,β-unsaturated/α-hetero) is 1. The molecule has 0 spiro atoms. The van der Waals surface area contributed by atoms with Gasteiger partial charge in [0.1, 0.15) is 0 Å². The number of para-hydroxylation sites is 1. The Balaban J connectivity index is 2.08. The third kappa shape index (κ3) is 4.79. The van der Waals surface area contributed by atoms with Gasteiger partial charge in [-0.1, -0.05) is 12.1 Å². The van der Waals surface area contributed by atoms with Crippen LogP contribution in [0.5, 0.6) is 17.2 Å². The van der Waals surface area contributed by atoms with Gasteiger partial charge >= 0.3 is 5.97 Å². The summed E-state index contributed by atoms with van der Waals surface area (Å²) in [6, 6.07) is 9.41. The van der Waals surface area contributed by atoms with E-state index in [2.05, 4.69) is 5.32 Å². The Morgan fingerprint density at radius 3 is 2.07 bits per heavy atom. The van der Waals surface area contributed by atoms with E-state index in [9.17, 15) is 14.4 Å². The highest BCUT2D eigenvalue weighted by molar-refractivity contribution is 6.04. The second kappa shape index (κ2) is 9.40. The molecule has 2 rings (SSSR count). The molecule has 0 heterocycles. The monoisotopic (exact) mass is 387 g/mol. The minimum Gasteiger partial charge on any atom is -0.493 e. The zero-order valence-corrected chi connectivity index (χ0v) is 16.0. The molecular formula is C20H21NO7. The minimum absolute atomic E-state index is 0.131. The summed E-state index contributed by atoms with van der Waals surface area (Å²) in [5, 5.41) is 2.56. The molecule has 0 aliphatic rings. The van der Waals surface area contributed by atoms with Crippen molar-refractivity contribution in [1.29, 1.82) is 0 Å². The standard InChI is InChI=1S/C20H21NO7/c1-12(22)14-7-5-6-8-15(14)21-18(23)11-28-20(24)13-9-16(25-2)19(27-4)17(10-13)26-3/h5-10H,11H2,1-4H3,(H,21,23). The number of rotatable bonds is 8. The molecule has 1 amide bonds. The first-order valence-corrected chi connectivity index (χ1v) is 8.28. The summed E-state index contributed by atoms with van der Waals surface area (Å²) >= 11 is 0. The van der Waals surface area contributed by atoms with Crippen LogP contribution < -0.4 is 19.5 Å². The number of hydrogen-bond donors (Lipinski definition) is 1. The molecule has 28 heavy (non-hydrogen) atoms. The molecule has 0 saturated carbocycles. The molecular weight excluding hydrogens is 366 g/mol. The van der Waals surface area contributed by atoms with Crippen molar-refractivity contribution in [3.05, 3.63) is 47.5 Å². The van der Waals surface area contributed by atoms with E-state index < -0.39 is 18.5 Å². The summed E-state index contributed by atoms with van der Waals surface area (Å²) in [4.78, 5) is 36.0. The molecule has 2 aromatic carbocycles. The molecule has 0 aromatic heterocycles. The van der Waals surface area contributed by atoms with Gasteiger partial charge in [-0.2, -0.15) is 0 Å². The Labute approximate surface area is 162 Å². The fraction of sp³-hybridized carbons (Fsp3) is 0.250. The van der Waals surface area contributed by atoms with Gasteiger partial charge in [0, 0.05) is 5.56 Å². The van der Waals surface area contributed by atoms with Crippen LogP contribution in [0.2, 0.25) is 0 Å². The highest BCUT2D eigenvalue weighted by atomic mass is 16.5. The molecule has 0 unspecified atom stereocenters. The first-order chi connectivity index (χ1) is 13.4. The number of ketones is 1. The Hall–Kier alpha value is -3.55. The van der Waals surface area contributed by atoms with E-state index in [1.165, 1.54) is 40.4 Å². The van der Waals surface area contributed by atoms with Gasteiger partial charge in [-0.15, -0.1) is 0 Å². The van der Waals surface area contributed by atoms with E-state index >= 15 is 0 Å². The number of amides is 1. The second-order valence-electron chi connectivity index (χ2n) is 5.64. The van der Waals surface area contributed by atoms with Gasteiger partial charge in [0.25, 0.3) is 5.91 Å². The number of methoxy groups -OCH3 is 3. The maximum Gasteiger partial charge on any atom is 0.338 e. The molecule has 0 bridgehead atoms. The predicted octanol–water partition coefficient (Wildman–Crippen LogP) is 2.71. The molecule has 8 heteroatoms. The number of anilines is 1. The van der Waals surface area contributed by atoms with Crippen LogP contribution in [-0.4, -0.2) is 45.6 Å². The molecule has 8 nitrogen and oxygen atoms in total. The van der Waals surface area contributed by atoms with Crippen LogP contribution in [0, 0.1) is 0 Å². The number of ether oxygens (including phenoxy) is 4. The highest BCUT2D eigenvalue weighted by Crippen LogP contribution is 2.38. The summed E-state index contributed by atoms with van der Waals surface area (Å²) < 4.78 is 20.6. The average Bonchev–Trinajstić information content (AvgIpc) is 2.70. The van der Waals surface area contributed by atoms with Crippen molar-refractivity contribution in [2.24, 2.45) is 0 Å². The fourth-order valence-electron chi connectivity index (χ4n) is 2.50. The van der Waals surface area contributed by atoms with Crippen LogP contribution in [0.15, 0.2) is 36.4 Å². The van der Waals surface area contributed by atoms with Crippen LogP contribution in [0.3, 0.4) is 0 Å². The van der Waals surface area contributed by atoms with Crippen molar-refractivity contribution in [2.45, 2.75) is 6.92 Å². The number of carbonyl (C=O) groups excluding carboxylic acids is 3. The van der Waals surface area contributed by atoms with E-state index in [1.807, 2.05) is 0 Å². The van der Waals surface area contributed by atoms with Gasteiger partial charge in [0.05, 0.1) is 32.6 Å². The van der Waals surface area contributed by atoms with E-state index in [0.29, 0.717) is 17.0 Å². The lowest BCUT2D eigenvalue weighted by atomic mass is 10.1. The van der Waals surface area contributed by atoms with Crippen molar-refractivity contribution in [3.63, 3.8) is 0 Å². The second-order valence-corrected chi connectivity index (χ2v) is 5.64. The SMILES string of the molecule is COc1cc(C(=O)OCC(=O)Nc2ccccc2C(C)=O)cc(OC)c1OC. The average molecular weight is 387 g/mol. The van der Waals surface area contributed by atoms with Crippen LogP contribution in [0.1, 0.15) is 27.6 Å². The topological polar surface area (TPSA) is 100 Å². The first-order valence-electron chi connectivity index (χ1n) is 8.28. The molecule has 2 aromatic rings. The van der Waals surface area contributed by atoms with Gasteiger partial charge in [-0.05, 0) is 31.2 Å². The minimum atomic E-state index is -0.741. The van der Waals surface area contributed by atoms with Crippen molar-refractivity contribution >= 4 is 23.3 Å². The van der Waals surface area contributed by atoms with E-state index in [1.54, 1.807) is 24.3 Å². The van der Waals surface area contributed by atoms with Crippen LogP contribution in [0.25, 0.3) is 0 Å². The van der Waals surface area contributed by atoms with E-state index in [4.69, 9.17) is 18.9 Å². The maximum absolute atomic E-state index is 12.3. The molecule has 0 fully saturated rings. The lowest BCUT2D eigenvalue weighted by Crippen LogP contribution is -2.22. The smallest absolute Gasteiger partial charge is 0.338 e. The summed E-state index contributed by atoms with van der Waals surface area (Å²) in [7, 11) is 4.29. The van der Waals surface area contributed by atoms with Crippen LogP contribution in [0.4, 0.5) is 5.69 Å². The number of nitrogens with one attached hydrogen (secondary N) is 1. The molecule has 0 atom stereocenters. The number of esters is 1. The highest BCUT2D eigenvalue weighted by Gasteiger charge is 2.19. The first kappa shape index (κ1) is 20.8. The van der Waals surface area contributed by atoms with Gasteiger partial charge in [-0.25, -0.2) is 4.79 Å². The summed E-state index contributed by atoms with van der Waals surface area (Å²) in [6.45, 7) is 0.872. The van der Waals surface area contributed by atoms with Crippen molar-refractivity contribution in [2.75, 3.05) is 33.3 Å². The lowest BCUT2D eigenvalue weighted by molar-refractivity contribution is -0.119. The van der Waals surface area contributed by atoms with Crippen LogP contribution in [-0.2, 0) is 9.53 Å². The summed E-state index contributed by atoms with van der Waals surface area (Å²) in [5.74, 6) is -0.600. The Kier molecular flexibility index (Phi) is 6.97. The Morgan fingerprint density at radius 1 is 0.929 bits per heavy atom. The number of carbonyl (C=O) groups is 3. The zero-order chi connectivity index (χ0) is 20.7. The van der Waals surface area contributed by atoms with Gasteiger partial charge in [-0.3, -0.25) is 9.59 Å². The van der Waals surface area contributed by atoms with E-state index in [0.717, 1.165) is 0 Å². The lowest BCUT2D eigenvalue weighted by Gasteiger charge is -2.14. The normalized spacial score (nSPS) is 10.0. The fourth-order valence-corrected chi connectivity index (χ4v) is 2.50. The third-order valence-electron chi connectivity index (χ3n) is 3.82. The Bertz CT molecular complexity index is 867. The number of hydrogen-bond acceptors (Lipinski definition) is 7. The molecule has 0 radical (unpaired) electrons. The Morgan fingerprint density at radius 2 is 1.54 bits per heavy atom. The van der Waals surface area contributed by atoms with Gasteiger partial charge < -0.3 is 24.3 Å². The van der Waals surface area contributed by atoms with Crippen LogP contribution >= 0.6 is 0 Å². The van der Waals surface area contributed by atoms with Crippen molar-refractivity contribution < 1.29 is 33.3 Å². The van der Waals surface area contributed by atoms with Crippen molar-refractivity contribution in [3.8, 4) is 17.2 Å². The maximum atomic E-state index is 12.3. The third-order valence-corrected chi connectivity index (χ3v) is 3.82. The predicted molar refractivity (Wildman–Crippen MR) is 101 cm³/mol. The van der Waals surface area contributed by atoms with Crippen molar-refractivity contribution in [1.82, 2.24) is 0 Å². The number of benzene rings is 2. The molecule has 0 aliphatic carbocycles. The largest absolute Gasteiger partial charge is 0.493 e. The quantitative estimate of drug-likeness (QED) is 0.549. The zero-order valence-electron chi connectivity index (χ0n) is 16.0. The molecule has 0 aliphatic heterocycles. The van der Waals surface area contributed by atoms with Gasteiger partial charge in [0.2, 0.25) is 5.75 Å². The molecule has 0 saturated heterocycles. The van der Waals surface area contributed by atoms with Gasteiger partial charge in [0.15, 0.2) is 23.9 Å². The summed E-state index contributed by atoms with van der Waals surface area (Å²) in [5.41, 5.74) is 0.849. The molecule has 148 valence electrons. The molecule has 1 N–H and O–H groups in total. The summed E-state index contributed by atoms with van der Waals surface area (Å²) in [6.07, 6.45) is 0.